The predicted molar refractivity (Wildman–Crippen MR) is 80.9 cm³/mol. The predicted octanol–water partition coefficient (Wildman–Crippen LogP) is 3.31. The van der Waals surface area contributed by atoms with Crippen LogP contribution in [-0.2, 0) is 6.42 Å². The Kier molecular flexibility index (Phi) is 4.81. The lowest BCUT2D eigenvalue weighted by Gasteiger charge is -2.00. The van der Waals surface area contributed by atoms with Gasteiger partial charge >= 0.3 is 0 Å². The van der Waals surface area contributed by atoms with Crippen LogP contribution in [0.15, 0.2) is 23.6 Å². The Morgan fingerprint density at radius 3 is 2.90 bits per heavy atom. The van der Waals surface area contributed by atoms with Crippen LogP contribution in [-0.4, -0.2) is 16.5 Å². The van der Waals surface area contributed by atoms with E-state index in [4.69, 9.17) is 5.73 Å². The van der Waals surface area contributed by atoms with Gasteiger partial charge in [-0.1, -0.05) is 12.1 Å². The molecule has 2 N–H and O–H groups in total. The highest BCUT2D eigenvalue weighted by atomic mass is 32.1. The first-order chi connectivity index (χ1) is 9.61. The van der Waals surface area contributed by atoms with Crippen molar-refractivity contribution >= 4 is 17.0 Å². The van der Waals surface area contributed by atoms with Gasteiger partial charge in [0.2, 0.25) is 0 Å². The molecule has 1 heterocycles. The van der Waals surface area contributed by atoms with E-state index in [1.165, 1.54) is 0 Å². The van der Waals surface area contributed by atoms with Crippen molar-refractivity contribution < 1.29 is 4.92 Å². The number of unbranched alkanes of at least 4 members (excludes halogenated alkanes) is 1. The molecule has 2 rings (SSSR count). The second-order valence-corrected chi connectivity index (χ2v) is 5.57. The minimum absolute atomic E-state index is 0.139. The van der Waals surface area contributed by atoms with Gasteiger partial charge in [0.25, 0.3) is 5.69 Å². The molecule has 0 fully saturated rings. The summed E-state index contributed by atoms with van der Waals surface area (Å²) in [6.45, 7) is 2.43. The van der Waals surface area contributed by atoms with E-state index in [9.17, 15) is 10.1 Å². The van der Waals surface area contributed by atoms with E-state index in [0.29, 0.717) is 12.1 Å². The zero-order chi connectivity index (χ0) is 14.5. The summed E-state index contributed by atoms with van der Waals surface area (Å²) in [6.07, 6.45) is 2.93. The van der Waals surface area contributed by atoms with Crippen LogP contribution in [0.4, 0.5) is 5.69 Å². The second kappa shape index (κ2) is 6.58. The molecule has 0 bridgehead atoms. The summed E-state index contributed by atoms with van der Waals surface area (Å²) in [5.74, 6) is 0. The number of nitro groups is 1. The first-order valence-corrected chi connectivity index (χ1v) is 7.39. The highest BCUT2D eigenvalue weighted by molar-refractivity contribution is 7.09. The molecule has 0 radical (unpaired) electrons. The molecule has 0 aliphatic carbocycles. The van der Waals surface area contributed by atoms with Gasteiger partial charge in [0.05, 0.1) is 15.6 Å². The van der Waals surface area contributed by atoms with Gasteiger partial charge in [-0.25, -0.2) is 4.98 Å². The fourth-order valence-electron chi connectivity index (χ4n) is 1.94. The molecule has 106 valence electrons. The largest absolute Gasteiger partial charge is 0.330 e. The first-order valence-electron chi connectivity index (χ1n) is 6.51. The van der Waals surface area contributed by atoms with E-state index in [-0.39, 0.29) is 10.6 Å². The van der Waals surface area contributed by atoms with Gasteiger partial charge in [-0.2, -0.15) is 0 Å². The molecule has 0 aliphatic rings. The Labute approximate surface area is 121 Å². The first kappa shape index (κ1) is 14.6. The summed E-state index contributed by atoms with van der Waals surface area (Å²) >= 11 is 1.59. The number of aryl methyl sites for hydroxylation is 2. The van der Waals surface area contributed by atoms with Crippen molar-refractivity contribution in [1.82, 2.24) is 4.98 Å². The summed E-state index contributed by atoms with van der Waals surface area (Å²) in [7, 11) is 0. The lowest BCUT2D eigenvalue weighted by molar-refractivity contribution is -0.385. The lowest BCUT2D eigenvalue weighted by Crippen LogP contribution is -1.98. The van der Waals surface area contributed by atoms with Crippen molar-refractivity contribution in [2.45, 2.75) is 26.2 Å². The Balaban J connectivity index is 2.19. The second-order valence-electron chi connectivity index (χ2n) is 4.63. The number of rotatable bonds is 6. The van der Waals surface area contributed by atoms with E-state index in [1.54, 1.807) is 30.4 Å². The highest BCUT2D eigenvalue weighted by Crippen LogP contribution is 2.28. The number of hydrogen-bond donors (Lipinski definition) is 1. The zero-order valence-corrected chi connectivity index (χ0v) is 12.2. The molecule has 5 nitrogen and oxygen atoms in total. The van der Waals surface area contributed by atoms with E-state index in [1.807, 2.05) is 11.4 Å². The molecule has 0 spiro atoms. The standard InChI is InChI=1S/C14H17N3O2S/c1-10-5-6-11(8-13(10)17(18)19)12-9-20-14(16-12)4-2-3-7-15/h5-6,8-9H,2-4,7,15H2,1H3. The van der Waals surface area contributed by atoms with Crippen LogP contribution in [0.1, 0.15) is 23.4 Å². The number of nitro benzene ring substituents is 1. The molecule has 6 heteroatoms. The minimum atomic E-state index is -0.354. The fourth-order valence-corrected chi connectivity index (χ4v) is 2.79. The van der Waals surface area contributed by atoms with Crippen molar-refractivity contribution in [2.75, 3.05) is 6.54 Å². The van der Waals surface area contributed by atoms with Crippen LogP contribution < -0.4 is 5.73 Å². The van der Waals surface area contributed by atoms with E-state index >= 15 is 0 Å². The Morgan fingerprint density at radius 2 is 2.20 bits per heavy atom. The molecule has 2 aromatic rings. The maximum absolute atomic E-state index is 11.0. The number of nitrogens with zero attached hydrogens (tertiary/aromatic N) is 2. The Bertz CT molecular complexity index is 610. The number of benzene rings is 1. The number of aromatic nitrogens is 1. The Hall–Kier alpha value is -1.79. The molecule has 1 aromatic heterocycles. The fraction of sp³-hybridized carbons (Fsp3) is 0.357. The van der Waals surface area contributed by atoms with Gasteiger partial charge in [0.1, 0.15) is 0 Å². The average Bonchev–Trinajstić information content (AvgIpc) is 2.88. The molecular weight excluding hydrogens is 274 g/mol. The van der Waals surface area contributed by atoms with Crippen molar-refractivity contribution in [1.29, 1.82) is 0 Å². The third kappa shape index (κ3) is 3.40. The van der Waals surface area contributed by atoms with Gasteiger partial charge < -0.3 is 5.73 Å². The zero-order valence-electron chi connectivity index (χ0n) is 11.3. The highest BCUT2D eigenvalue weighted by Gasteiger charge is 2.13. The van der Waals surface area contributed by atoms with Crippen LogP contribution in [0, 0.1) is 17.0 Å². The van der Waals surface area contributed by atoms with E-state index in [2.05, 4.69) is 4.98 Å². The summed E-state index contributed by atoms with van der Waals surface area (Å²) in [5.41, 5.74) is 7.87. The lowest BCUT2D eigenvalue weighted by atomic mass is 10.1. The quantitative estimate of drug-likeness (QED) is 0.503. The average molecular weight is 291 g/mol. The van der Waals surface area contributed by atoms with Crippen molar-refractivity contribution in [3.8, 4) is 11.3 Å². The van der Waals surface area contributed by atoms with E-state index in [0.717, 1.165) is 35.5 Å². The Morgan fingerprint density at radius 1 is 1.40 bits per heavy atom. The third-order valence-electron chi connectivity index (χ3n) is 3.10. The molecule has 0 amide bonds. The molecule has 0 aliphatic heterocycles. The number of hydrogen-bond acceptors (Lipinski definition) is 5. The van der Waals surface area contributed by atoms with E-state index < -0.39 is 0 Å². The van der Waals surface area contributed by atoms with Gasteiger partial charge in [0, 0.05) is 22.6 Å². The van der Waals surface area contributed by atoms with Crippen LogP contribution in [0.5, 0.6) is 0 Å². The molecule has 1 aromatic carbocycles. The van der Waals surface area contributed by atoms with Crippen molar-refractivity contribution in [2.24, 2.45) is 5.73 Å². The molecule has 0 atom stereocenters. The topological polar surface area (TPSA) is 82.0 Å². The normalized spacial score (nSPS) is 10.7. The SMILES string of the molecule is Cc1ccc(-c2csc(CCCCN)n2)cc1[N+](=O)[O-]. The van der Waals surface area contributed by atoms with Crippen molar-refractivity contribution in [3.63, 3.8) is 0 Å². The summed E-state index contributed by atoms with van der Waals surface area (Å²) in [6, 6.07) is 5.23. The van der Waals surface area contributed by atoms with Crippen LogP contribution >= 0.6 is 11.3 Å². The third-order valence-corrected chi connectivity index (χ3v) is 4.01. The van der Waals surface area contributed by atoms with Gasteiger partial charge in [-0.15, -0.1) is 11.3 Å². The summed E-state index contributed by atoms with van der Waals surface area (Å²) in [4.78, 5) is 15.1. The smallest absolute Gasteiger partial charge is 0.272 e. The monoisotopic (exact) mass is 291 g/mol. The van der Waals surface area contributed by atoms with Gasteiger partial charge in [0.15, 0.2) is 0 Å². The van der Waals surface area contributed by atoms with Gasteiger partial charge in [-0.05, 0) is 32.7 Å². The van der Waals surface area contributed by atoms with Crippen LogP contribution in [0.2, 0.25) is 0 Å². The summed E-state index contributed by atoms with van der Waals surface area (Å²) in [5, 5.41) is 14.0. The molecule has 0 saturated carbocycles. The minimum Gasteiger partial charge on any atom is -0.330 e. The maximum Gasteiger partial charge on any atom is 0.272 e. The van der Waals surface area contributed by atoms with Crippen LogP contribution in [0.25, 0.3) is 11.3 Å². The number of nitrogens with two attached hydrogens (primary N) is 1. The molecule has 20 heavy (non-hydrogen) atoms. The number of thiazole rings is 1. The maximum atomic E-state index is 11.0. The van der Waals surface area contributed by atoms with Crippen LogP contribution in [0.3, 0.4) is 0 Å². The molecule has 0 unspecified atom stereocenters. The molecule has 0 saturated heterocycles. The molecular formula is C14H17N3O2S. The van der Waals surface area contributed by atoms with Crippen molar-refractivity contribution in [3.05, 3.63) is 44.3 Å². The van der Waals surface area contributed by atoms with Gasteiger partial charge in [-0.3, -0.25) is 10.1 Å². The summed E-state index contributed by atoms with van der Waals surface area (Å²) < 4.78 is 0.